The Morgan fingerprint density at radius 1 is 1.03 bits per heavy atom. The summed E-state index contributed by atoms with van der Waals surface area (Å²) in [6.07, 6.45) is 3.02. The van der Waals surface area contributed by atoms with E-state index in [1.54, 1.807) is 37.6 Å². The number of hydrogen-bond donors (Lipinski definition) is 4. The number of nitrogens with one attached hydrogen (secondary N) is 1. The number of benzene rings is 2. The second-order valence-electron chi connectivity index (χ2n) is 8.27. The van der Waals surface area contributed by atoms with Crippen LogP contribution in [-0.4, -0.2) is 26.2 Å². The van der Waals surface area contributed by atoms with Gasteiger partial charge in [-0.3, -0.25) is 9.71 Å². The zero-order chi connectivity index (χ0) is 27.1. The Kier molecular flexibility index (Phi) is 8.46. The minimum absolute atomic E-state index is 0.0425. The number of pyridine rings is 1. The van der Waals surface area contributed by atoms with Gasteiger partial charge in [-0.15, -0.1) is 0 Å². The number of rotatable bonds is 10. The van der Waals surface area contributed by atoms with Gasteiger partial charge in [-0.2, -0.15) is 4.98 Å². The number of aromatic nitrogens is 4. The highest BCUT2D eigenvalue weighted by Gasteiger charge is 2.15. The molecule has 38 heavy (non-hydrogen) atoms. The second-order valence-corrected chi connectivity index (χ2v) is 8.94. The molecular formula is C26H28N8O3S. The van der Waals surface area contributed by atoms with E-state index in [1.807, 2.05) is 36.4 Å². The summed E-state index contributed by atoms with van der Waals surface area (Å²) in [5.41, 5.74) is 13.5. The first kappa shape index (κ1) is 26.5. The average molecular weight is 533 g/mol. The Morgan fingerprint density at radius 2 is 1.68 bits per heavy atom. The predicted octanol–water partition coefficient (Wildman–Crippen LogP) is 1.96. The summed E-state index contributed by atoms with van der Waals surface area (Å²) in [6, 6.07) is 18.1. The van der Waals surface area contributed by atoms with E-state index in [0.29, 0.717) is 22.0 Å². The first-order chi connectivity index (χ1) is 18.4. The van der Waals surface area contributed by atoms with Crippen molar-refractivity contribution in [3.63, 3.8) is 0 Å². The van der Waals surface area contributed by atoms with Gasteiger partial charge in [-0.05, 0) is 46.8 Å². The molecular weight excluding hydrogens is 504 g/mol. The largest absolute Gasteiger partial charge is 0.497 e. The standard InChI is InChI=1S/C26H28N8O3S/c1-37-21-10-6-18(7-11-21)15-33-24(31-14-20-3-2-12-30-23(20)28)32-25(35)34(26(33)36)16-17-4-8-19(9-5-17)22(13-27)38-29/h2-13H,14-16,27,29H2,1H3,(H2,28,30)(H,31,32,35)/b22-13-. The van der Waals surface area contributed by atoms with Gasteiger partial charge in [0.1, 0.15) is 11.6 Å². The molecule has 0 aliphatic carbocycles. The molecule has 0 saturated carbocycles. The fourth-order valence-corrected chi connectivity index (χ4v) is 4.14. The van der Waals surface area contributed by atoms with Crippen LogP contribution in [0, 0.1) is 0 Å². The van der Waals surface area contributed by atoms with Gasteiger partial charge in [0.25, 0.3) is 0 Å². The fraction of sp³-hybridized carbons (Fsp3) is 0.154. The van der Waals surface area contributed by atoms with Gasteiger partial charge in [0, 0.05) is 29.4 Å². The molecule has 11 nitrogen and oxygen atoms in total. The lowest BCUT2D eigenvalue weighted by molar-refractivity contribution is 0.414. The molecule has 0 bridgehead atoms. The summed E-state index contributed by atoms with van der Waals surface area (Å²) in [6.45, 7) is 0.453. The van der Waals surface area contributed by atoms with Crippen LogP contribution in [0.1, 0.15) is 22.3 Å². The molecule has 0 aliphatic heterocycles. The van der Waals surface area contributed by atoms with Crippen molar-refractivity contribution in [3.05, 3.63) is 116 Å². The Bertz CT molecular complexity index is 1550. The third-order valence-electron chi connectivity index (χ3n) is 5.87. The van der Waals surface area contributed by atoms with Crippen LogP contribution in [0.5, 0.6) is 5.75 Å². The van der Waals surface area contributed by atoms with E-state index in [0.717, 1.165) is 33.2 Å². The van der Waals surface area contributed by atoms with Crippen LogP contribution in [-0.2, 0) is 19.6 Å². The van der Waals surface area contributed by atoms with E-state index in [2.05, 4.69) is 15.3 Å². The third-order valence-corrected chi connectivity index (χ3v) is 6.50. The summed E-state index contributed by atoms with van der Waals surface area (Å²) in [5.74, 6) is 1.17. The molecule has 196 valence electrons. The van der Waals surface area contributed by atoms with Crippen molar-refractivity contribution in [3.8, 4) is 5.75 Å². The van der Waals surface area contributed by atoms with Crippen molar-refractivity contribution in [1.29, 1.82) is 0 Å². The van der Waals surface area contributed by atoms with Gasteiger partial charge in [0.15, 0.2) is 0 Å². The molecule has 12 heteroatoms. The van der Waals surface area contributed by atoms with E-state index in [4.69, 9.17) is 21.3 Å². The van der Waals surface area contributed by atoms with Crippen molar-refractivity contribution in [2.45, 2.75) is 19.6 Å². The van der Waals surface area contributed by atoms with E-state index >= 15 is 0 Å². The molecule has 0 spiro atoms. The van der Waals surface area contributed by atoms with Crippen molar-refractivity contribution < 1.29 is 4.74 Å². The first-order valence-corrected chi connectivity index (χ1v) is 12.5. The van der Waals surface area contributed by atoms with E-state index in [1.165, 1.54) is 10.8 Å². The summed E-state index contributed by atoms with van der Waals surface area (Å²) in [5, 5.41) is 8.72. The third kappa shape index (κ3) is 6.05. The molecule has 2 aromatic heterocycles. The molecule has 0 atom stereocenters. The van der Waals surface area contributed by atoms with Crippen molar-refractivity contribution in [1.82, 2.24) is 19.1 Å². The van der Waals surface area contributed by atoms with Gasteiger partial charge in [0.2, 0.25) is 5.95 Å². The monoisotopic (exact) mass is 532 g/mol. The smallest absolute Gasteiger partial charge is 0.355 e. The number of methoxy groups -OCH3 is 1. The summed E-state index contributed by atoms with van der Waals surface area (Å²) in [4.78, 5) is 35.6. The van der Waals surface area contributed by atoms with Gasteiger partial charge < -0.3 is 21.5 Å². The van der Waals surface area contributed by atoms with Gasteiger partial charge >= 0.3 is 11.4 Å². The van der Waals surface area contributed by atoms with E-state index in [9.17, 15) is 9.59 Å². The molecule has 4 rings (SSSR count). The second kappa shape index (κ2) is 12.1. The number of nitrogens with zero attached hydrogens (tertiary/aromatic N) is 4. The van der Waals surface area contributed by atoms with Crippen LogP contribution in [0.3, 0.4) is 0 Å². The number of ether oxygens (including phenoxy) is 1. The molecule has 2 heterocycles. The number of hydrogen-bond acceptors (Lipinski definition) is 10. The predicted molar refractivity (Wildman–Crippen MR) is 150 cm³/mol. The van der Waals surface area contributed by atoms with E-state index < -0.39 is 11.4 Å². The minimum atomic E-state index is -0.674. The number of anilines is 2. The Balaban J connectivity index is 1.69. The summed E-state index contributed by atoms with van der Waals surface area (Å²) < 4.78 is 7.75. The highest BCUT2D eigenvalue weighted by Crippen LogP contribution is 2.22. The van der Waals surface area contributed by atoms with E-state index in [-0.39, 0.29) is 25.6 Å². The van der Waals surface area contributed by atoms with Crippen LogP contribution in [0.4, 0.5) is 11.8 Å². The maximum absolute atomic E-state index is 13.6. The van der Waals surface area contributed by atoms with Crippen LogP contribution in [0.2, 0.25) is 0 Å². The SMILES string of the molecule is COc1ccc(Cn2c(NCc3cccnc3N)nc(=O)n(Cc3ccc(/C(=C/N)SN)cc3)c2=O)cc1. The van der Waals surface area contributed by atoms with Crippen molar-refractivity contribution >= 4 is 28.6 Å². The van der Waals surface area contributed by atoms with Crippen molar-refractivity contribution in [2.75, 3.05) is 18.2 Å². The Hall–Kier alpha value is -4.55. The van der Waals surface area contributed by atoms with Crippen LogP contribution in [0.15, 0.2) is 82.6 Å². The molecule has 4 aromatic rings. The first-order valence-electron chi connectivity index (χ1n) is 11.6. The molecule has 0 saturated heterocycles. The average Bonchev–Trinajstić information content (AvgIpc) is 2.94. The van der Waals surface area contributed by atoms with Crippen LogP contribution < -0.4 is 38.0 Å². The molecule has 0 radical (unpaired) electrons. The molecule has 7 N–H and O–H groups in total. The van der Waals surface area contributed by atoms with Crippen LogP contribution >= 0.6 is 11.9 Å². The zero-order valence-electron chi connectivity index (χ0n) is 20.7. The lowest BCUT2D eigenvalue weighted by atomic mass is 10.1. The van der Waals surface area contributed by atoms with Gasteiger partial charge in [0.05, 0.1) is 20.2 Å². The molecule has 0 aliphatic rings. The maximum atomic E-state index is 13.6. The Labute approximate surface area is 223 Å². The Morgan fingerprint density at radius 3 is 2.29 bits per heavy atom. The minimum Gasteiger partial charge on any atom is -0.497 e. The topological polar surface area (TPSA) is 169 Å². The van der Waals surface area contributed by atoms with Gasteiger partial charge in [-0.25, -0.2) is 19.1 Å². The normalized spacial score (nSPS) is 11.4. The highest BCUT2D eigenvalue weighted by atomic mass is 32.2. The lowest BCUT2D eigenvalue weighted by Crippen LogP contribution is -2.43. The van der Waals surface area contributed by atoms with Crippen molar-refractivity contribution in [2.24, 2.45) is 10.9 Å². The fourth-order valence-electron chi connectivity index (χ4n) is 3.79. The summed E-state index contributed by atoms with van der Waals surface area (Å²) >= 11 is 1.04. The van der Waals surface area contributed by atoms with Gasteiger partial charge in [-0.1, -0.05) is 42.5 Å². The molecule has 0 unspecified atom stereocenters. The maximum Gasteiger partial charge on any atom is 0.355 e. The highest BCUT2D eigenvalue weighted by molar-refractivity contribution is 8.06. The molecule has 0 amide bonds. The molecule has 2 aromatic carbocycles. The number of nitrogen functional groups attached to an aromatic ring is 1. The zero-order valence-corrected chi connectivity index (χ0v) is 21.5. The number of nitrogens with two attached hydrogens (primary N) is 3. The lowest BCUT2D eigenvalue weighted by Gasteiger charge is -2.16. The quantitative estimate of drug-likeness (QED) is 0.221. The van der Waals surface area contributed by atoms with Crippen LogP contribution in [0.25, 0.3) is 4.91 Å². The molecule has 0 fully saturated rings. The summed E-state index contributed by atoms with van der Waals surface area (Å²) in [7, 11) is 1.58.